The van der Waals surface area contributed by atoms with Crippen molar-refractivity contribution in [2.45, 2.75) is 12.5 Å². The molecule has 28 heavy (non-hydrogen) atoms. The van der Waals surface area contributed by atoms with Crippen LogP contribution in [0.2, 0.25) is 5.02 Å². The number of carbonyl (C=O) groups excluding carboxylic acids is 2. The molecule has 0 aromatic heterocycles. The minimum Gasteiger partial charge on any atom is -0.391 e. The Labute approximate surface area is 166 Å². The van der Waals surface area contributed by atoms with Gasteiger partial charge in [-0.2, -0.15) is 0 Å². The van der Waals surface area contributed by atoms with Crippen molar-refractivity contribution < 1.29 is 14.4 Å². The second kappa shape index (κ2) is 5.67. The summed E-state index contributed by atoms with van der Waals surface area (Å²) in [5.74, 6) is -0.692. The maximum Gasteiger partial charge on any atom is 0.238 e. The standard InChI is InChI=1S/C22H17ClN2O3/c23-15-9-5-4-8-12(15)19-18-13-10-14(20(18)28-24-19)17-16(13)21(26)25(22(17)27)11-6-2-1-3-7-11/h1-9,13-14,16-18,20H,10H2/t13-,14+,16+,17+,18+,20-/m1/s1. The molecule has 2 aliphatic heterocycles. The highest BCUT2D eigenvalue weighted by Crippen LogP contribution is 2.62. The summed E-state index contributed by atoms with van der Waals surface area (Å²) >= 11 is 6.40. The van der Waals surface area contributed by atoms with Crippen LogP contribution >= 0.6 is 11.6 Å². The molecule has 2 bridgehead atoms. The number of anilines is 1. The Bertz CT molecular complexity index is 1040. The molecule has 0 spiro atoms. The van der Waals surface area contributed by atoms with Gasteiger partial charge in [0.2, 0.25) is 11.8 Å². The third-order valence-corrected chi connectivity index (χ3v) is 7.18. The number of fused-ring (bicyclic) bond motifs is 8. The van der Waals surface area contributed by atoms with Crippen molar-refractivity contribution in [2.75, 3.05) is 4.90 Å². The van der Waals surface area contributed by atoms with Gasteiger partial charge in [0.05, 0.1) is 23.2 Å². The number of hydrogen-bond acceptors (Lipinski definition) is 4. The van der Waals surface area contributed by atoms with Crippen LogP contribution in [0.3, 0.4) is 0 Å². The number of carbonyl (C=O) groups is 2. The van der Waals surface area contributed by atoms with E-state index in [1.54, 1.807) is 0 Å². The fourth-order valence-electron chi connectivity index (χ4n) is 5.85. The zero-order chi connectivity index (χ0) is 19.0. The number of nitrogens with zero attached hydrogens (tertiary/aromatic N) is 2. The molecular formula is C22H17ClN2O3. The zero-order valence-electron chi connectivity index (χ0n) is 14.9. The number of imide groups is 1. The molecule has 1 saturated heterocycles. The van der Waals surface area contributed by atoms with Crippen molar-refractivity contribution >= 4 is 34.8 Å². The molecule has 0 unspecified atom stereocenters. The Morgan fingerprint density at radius 3 is 2.32 bits per heavy atom. The quantitative estimate of drug-likeness (QED) is 0.735. The molecule has 2 aliphatic carbocycles. The SMILES string of the molecule is O=C1[C@H]2[C@@H]3C[C@@H]([C@H]4C(c5ccccc5Cl)=NO[C@H]34)[C@@H]2C(=O)N1c1ccccc1. The number of para-hydroxylation sites is 1. The largest absolute Gasteiger partial charge is 0.391 e. The normalized spacial score (nSPS) is 35.0. The molecule has 6 rings (SSSR count). The highest BCUT2D eigenvalue weighted by Gasteiger charge is 2.70. The van der Waals surface area contributed by atoms with E-state index in [2.05, 4.69) is 5.16 Å². The first-order valence-electron chi connectivity index (χ1n) is 9.58. The first-order valence-corrected chi connectivity index (χ1v) is 9.96. The fraction of sp³-hybridized carbons (Fsp3) is 0.318. The lowest BCUT2D eigenvalue weighted by molar-refractivity contribution is -0.125. The molecule has 5 nitrogen and oxygen atoms in total. The second-order valence-electron chi connectivity index (χ2n) is 8.01. The summed E-state index contributed by atoms with van der Waals surface area (Å²) < 4.78 is 0. The summed E-state index contributed by atoms with van der Waals surface area (Å²) in [5, 5.41) is 4.97. The highest BCUT2D eigenvalue weighted by molar-refractivity contribution is 6.34. The van der Waals surface area contributed by atoms with Gasteiger partial charge in [-0.1, -0.05) is 53.2 Å². The predicted octanol–water partition coefficient (Wildman–Crippen LogP) is 3.51. The Morgan fingerprint density at radius 1 is 0.893 bits per heavy atom. The van der Waals surface area contributed by atoms with Gasteiger partial charge in [-0.25, -0.2) is 0 Å². The average Bonchev–Trinajstić information content (AvgIpc) is 3.43. The van der Waals surface area contributed by atoms with Gasteiger partial charge >= 0.3 is 0 Å². The molecule has 2 amide bonds. The van der Waals surface area contributed by atoms with E-state index in [1.165, 1.54) is 4.90 Å². The van der Waals surface area contributed by atoms with Gasteiger partial charge < -0.3 is 4.84 Å². The Morgan fingerprint density at radius 2 is 1.57 bits per heavy atom. The molecular weight excluding hydrogens is 376 g/mol. The maximum absolute atomic E-state index is 13.3. The number of amides is 2. The van der Waals surface area contributed by atoms with Gasteiger partial charge in [-0.15, -0.1) is 0 Å². The third kappa shape index (κ3) is 1.95. The Balaban J connectivity index is 1.38. The lowest BCUT2D eigenvalue weighted by atomic mass is 9.71. The molecule has 6 heteroatoms. The van der Waals surface area contributed by atoms with E-state index in [-0.39, 0.29) is 47.5 Å². The molecule has 2 aromatic carbocycles. The Hall–Kier alpha value is -2.66. The minimum absolute atomic E-state index is 0.0126. The predicted molar refractivity (Wildman–Crippen MR) is 104 cm³/mol. The summed E-state index contributed by atoms with van der Waals surface area (Å²) in [6.07, 6.45) is 0.679. The van der Waals surface area contributed by atoms with Crippen molar-refractivity contribution in [2.24, 2.45) is 34.7 Å². The van der Waals surface area contributed by atoms with Crippen molar-refractivity contribution in [3.05, 3.63) is 65.2 Å². The van der Waals surface area contributed by atoms with E-state index in [0.717, 1.165) is 17.7 Å². The van der Waals surface area contributed by atoms with E-state index in [1.807, 2.05) is 54.6 Å². The van der Waals surface area contributed by atoms with Crippen molar-refractivity contribution in [1.82, 2.24) is 0 Å². The lowest BCUT2D eigenvalue weighted by Gasteiger charge is -2.30. The lowest BCUT2D eigenvalue weighted by Crippen LogP contribution is -2.41. The van der Waals surface area contributed by atoms with E-state index < -0.39 is 0 Å². The second-order valence-corrected chi connectivity index (χ2v) is 8.42. The van der Waals surface area contributed by atoms with Crippen LogP contribution in [0.5, 0.6) is 0 Å². The molecule has 0 N–H and O–H groups in total. The molecule has 0 radical (unpaired) electrons. The first kappa shape index (κ1) is 16.3. The number of hydrogen-bond donors (Lipinski definition) is 0. The van der Waals surface area contributed by atoms with Crippen molar-refractivity contribution in [3.8, 4) is 0 Å². The molecule has 3 fully saturated rings. The van der Waals surface area contributed by atoms with Crippen molar-refractivity contribution in [3.63, 3.8) is 0 Å². The van der Waals surface area contributed by atoms with Crippen LogP contribution in [-0.4, -0.2) is 23.6 Å². The monoisotopic (exact) mass is 392 g/mol. The van der Waals surface area contributed by atoms with Gasteiger partial charge in [-0.05, 0) is 30.5 Å². The molecule has 2 heterocycles. The van der Waals surface area contributed by atoms with Crippen LogP contribution in [0.25, 0.3) is 0 Å². The smallest absolute Gasteiger partial charge is 0.238 e. The molecule has 2 aromatic rings. The summed E-state index contributed by atoms with van der Waals surface area (Å²) in [6.45, 7) is 0. The summed E-state index contributed by atoms with van der Waals surface area (Å²) in [6, 6.07) is 16.8. The van der Waals surface area contributed by atoms with E-state index in [4.69, 9.17) is 16.4 Å². The maximum atomic E-state index is 13.3. The van der Waals surface area contributed by atoms with E-state index in [0.29, 0.717) is 10.7 Å². The number of halogens is 1. The van der Waals surface area contributed by atoms with Crippen LogP contribution in [0, 0.1) is 29.6 Å². The Kier molecular flexibility index (Phi) is 3.30. The van der Waals surface area contributed by atoms with Gasteiger partial charge in [0, 0.05) is 22.4 Å². The van der Waals surface area contributed by atoms with Crippen LogP contribution in [-0.2, 0) is 14.4 Å². The molecule has 4 aliphatic rings. The zero-order valence-corrected chi connectivity index (χ0v) is 15.6. The minimum atomic E-state index is -0.306. The number of rotatable bonds is 2. The average molecular weight is 393 g/mol. The summed E-state index contributed by atoms with van der Waals surface area (Å²) in [5.41, 5.74) is 2.33. The van der Waals surface area contributed by atoms with Gasteiger partial charge in [0.1, 0.15) is 6.10 Å². The van der Waals surface area contributed by atoms with Gasteiger partial charge in [0.25, 0.3) is 0 Å². The van der Waals surface area contributed by atoms with Crippen molar-refractivity contribution in [1.29, 1.82) is 0 Å². The highest BCUT2D eigenvalue weighted by atomic mass is 35.5. The number of benzene rings is 2. The van der Waals surface area contributed by atoms with Gasteiger partial charge in [-0.3, -0.25) is 14.5 Å². The fourth-order valence-corrected chi connectivity index (χ4v) is 6.08. The van der Waals surface area contributed by atoms with Crippen LogP contribution in [0.15, 0.2) is 59.8 Å². The van der Waals surface area contributed by atoms with Crippen LogP contribution < -0.4 is 4.90 Å². The number of oxime groups is 1. The van der Waals surface area contributed by atoms with E-state index >= 15 is 0 Å². The topological polar surface area (TPSA) is 59.0 Å². The molecule has 2 saturated carbocycles. The van der Waals surface area contributed by atoms with Crippen LogP contribution in [0.4, 0.5) is 5.69 Å². The van der Waals surface area contributed by atoms with Crippen LogP contribution in [0.1, 0.15) is 12.0 Å². The third-order valence-electron chi connectivity index (χ3n) is 6.85. The van der Waals surface area contributed by atoms with Gasteiger partial charge in [0.15, 0.2) is 0 Å². The molecule has 6 atom stereocenters. The summed E-state index contributed by atoms with van der Waals surface area (Å²) in [7, 11) is 0. The summed E-state index contributed by atoms with van der Waals surface area (Å²) in [4.78, 5) is 33.6. The van der Waals surface area contributed by atoms with E-state index in [9.17, 15) is 9.59 Å². The first-order chi connectivity index (χ1) is 13.7. The molecule has 140 valence electrons.